The molecule has 17 heavy (non-hydrogen) atoms. The fraction of sp³-hybridized carbons (Fsp3) is 0.909. The largest absolute Gasteiger partial charge is 0.355 e. The van der Waals surface area contributed by atoms with Crippen molar-refractivity contribution in [3.63, 3.8) is 0 Å². The molecular weight excluding hydrogens is 262 g/mol. The topological polar surface area (TPSA) is 63.2 Å². The molecule has 4 nitrogen and oxygen atoms in total. The molecule has 0 aliphatic carbocycles. The Morgan fingerprint density at radius 3 is 2.76 bits per heavy atom. The van der Waals surface area contributed by atoms with E-state index in [1.165, 1.54) is 0 Å². The van der Waals surface area contributed by atoms with Crippen LogP contribution in [0.2, 0.25) is 0 Å². The molecule has 0 aromatic heterocycles. The standard InChI is InChI=1S/C11H20ClNO3S/c1-9(5-6-12)8-13-11(14)10-4-2-3-7-17(10,15)16/h9-10H,2-8H2,1H3,(H,13,14). The monoisotopic (exact) mass is 281 g/mol. The van der Waals surface area contributed by atoms with Gasteiger partial charge >= 0.3 is 0 Å². The normalized spacial score (nSPS) is 25.2. The van der Waals surface area contributed by atoms with Gasteiger partial charge in [-0.15, -0.1) is 11.6 Å². The van der Waals surface area contributed by atoms with Crippen LogP contribution in [0.3, 0.4) is 0 Å². The van der Waals surface area contributed by atoms with Gasteiger partial charge in [-0.1, -0.05) is 13.3 Å². The molecule has 1 rings (SSSR count). The van der Waals surface area contributed by atoms with Gasteiger partial charge in [0.1, 0.15) is 5.25 Å². The zero-order valence-electron chi connectivity index (χ0n) is 10.1. The van der Waals surface area contributed by atoms with Crippen LogP contribution in [0.1, 0.15) is 32.6 Å². The van der Waals surface area contributed by atoms with Gasteiger partial charge in [0.25, 0.3) is 0 Å². The summed E-state index contributed by atoms with van der Waals surface area (Å²) >= 11 is 5.60. The zero-order chi connectivity index (χ0) is 12.9. The second-order valence-electron chi connectivity index (χ2n) is 4.68. The third-order valence-corrected chi connectivity index (χ3v) is 5.49. The Labute approximate surface area is 108 Å². The van der Waals surface area contributed by atoms with Crippen LogP contribution in [0.15, 0.2) is 0 Å². The highest BCUT2D eigenvalue weighted by atomic mass is 35.5. The van der Waals surface area contributed by atoms with E-state index in [0.29, 0.717) is 25.3 Å². The lowest BCUT2D eigenvalue weighted by atomic mass is 10.1. The van der Waals surface area contributed by atoms with Crippen molar-refractivity contribution >= 4 is 27.3 Å². The number of hydrogen-bond acceptors (Lipinski definition) is 3. The number of nitrogens with one attached hydrogen (secondary N) is 1. The third kappa shape index (κ3) is 4.47. The molecule has 1 heterocycles. The fourth-order valence-corrected chi connectivity index (χ4v) is 4.12. The number of alkyl halides is 1. The van der Waals surface area contributed by atoms with Gasteiger partial charge in [-0.25, -0.2) is 8.42 Å². The Balaban J connectivity index is 2.46. The van der Waals surface area contributed by atoms with Crippen LogP contribution in [0.25, 0.3) is 0 Å². The first-order valence-corrected chi connectivity index (χ1v) is 8.27. The number of sulfone groups is 1. The minimum absolute atomic E-state index is 0.141. The van der Waals surface area contributed by atoms with Crippen molar-refractivity contribution in [3.05, 3.63) is 0 Å². The first-order valence-electron chi connectivity index (χ1n) is 6.02. The molecule has 0 aromatic rings. The van der Waals surface area contributed by atoms with Crippen LogP contribution in [0, 0.1) is 5.92 Å². The molecule has 0 radical (unpaired) electrons. The van der Waals surface area contributed by atoms with E-state index in [1.807, 2.05) is 6.92 Å². The van der Waals surface area contributed by atoms with Crippen LogP contribution in [-0.4, -0.2) is 37.8 Å². The number of hydrogen-bond donors (Lipinski definition) is 1. The number of rotatable bonds is 5. The highest BCUT2D eigenvalue weighted by Gasteiger charge is 2.34. The Morgan fingerprint density at radius 2 is 2.18 bits per heavy atom. The highest BCUT2D eigenvalue weighted by molar-refractivity contribution is 7.92. The van der Waals surface area contributed by atoms with Crippen molar-refractivity contribution in [1.29, 1.82) is 0 Å². The maximum absolute atomic E-state index is 11.8. The van der Waals surface area contributed by atoms with Crippen LogP contribution in [-0.2, 0) is 14.6 Å². The Bertz CT molecular complexity index is 356. The zero-order valence-corrected chi connectivity index (χ0v) is 11.7. The summed E-state index contributed by atoms with van der Waals surface area (Å²) in [6, 6.07) is 0. The average Bonchev–Trinajstić information content (AvgIpc) is 2.26. The average molecular weight is 282 g/mol. The molecule has 1 aliphatic rings. The van der Waals surface area contributed by atoms with Crippen molar-refractivity contribution < 1.29 is 13.2 Å². The van der Waals surface area contributed by atoms with E-state index < -0.39 is 15.1 Å². The summed E-state index contributed by atoms with van der Waals surface area (Å²) in [5, 5.41) is 1.88. The van der Waals surface area contributed by atoms with Crippen molar-refractivity contribution in [2.24, 2.45) is 5.92 Å². The SMILES string of the molecule is CC(CCCl)CNC(=O)C1CCCCS1(=O)=O. The molecule has 1 fully saturated rings. The molecule has 6 heteroatoms. The molecular formula is C11H20ClNO3S. The van der Waals surface area contributed by atoms with Crippen molar-refractivity contribution in [2.75, 3.05) is 18.2 Å². The van der Waals surface area contributed by atoms with Crippen LogP contribution in [0.4, 0.5) is 0 Å². The van der Waals surface area contributed by atoms with Crippen molar-refractivity contribution in [1.82, 2.24) is 5.32 Å². The lowest BCUT2D eigenvalue weighted by molar-refractivity contribution is -0.121. The minimum atomic E-state index is -3.22. The quantitative estimate of drug-likeness (QED) is 0.774. The molecule has 0 aromatic carbocycles. The fourth-order valence-electron chi connectivity index (χ4n) is 1.93. The van der Waals surface area contributed by atoms with Crippen molar-refractivity contribution in [3.8, 4) is 0 Å². The molecule has 1 aliphatic heterocycles. The van der Waals surface area contributed by atoms with E-state index in [2.05, 4.69) is 5.32 Å². The van der Waals surface area contributed by atoms with Crippen LogP contribution in [0.5, 0.6) is 0 Å². The van der Waals surface area contributed by atoms with Gasteiger partial charge in [-0.2, -0.15) is 0 Å². The van der Waals surface area contributed by atoms with Crippen LogP contribution >= 0.6 is 11.6 Å². The highest BCUT2D eigenvalue weighted by Crippen LogP contribution is 2.19. The summed E-state index contributed by atoms with van der Waals surface area (Å²) in [4.78, 5) is 11.8. The number of amides is 1. The van der Waals surface area contributed by atoms with E-state index in [4.69, 9.17) is 11.6 Å². The molecule has 0 bridgehead atoms. The van der Waals surface area contributed by atoms with E-state index in [-0.39, 0.29) is 17.6 Å². The molecule has 1 N–H and O–H groups in total. The third-order valence-electron chi connectivity index (χ3n) is 3.10. The summed E-state index contributed by atoms with van der Waals surface area (Å²) in [6.07, 6.45) is 2.76. The van der Waals surface area contributed by atoms with Gasteiger partial charge in [0, 0.05) is 12.4 Å². The maximum Gasteiger partial charge on any atom is 0.238 e. The van der Waals surface area contributed by atoms with Gasteiger partial charge in [0.2, 0.25) is 5.91 Å². The Hall–Kier alpha value is -0.290. The molecule has 2 atom stereocenters. The number of carbonyl (C=O) groups excluding carboxylic acids is 1. The molecule has 1 amide bonds. The molecule has 0 saturated carbocycles. The minimum Gasteiger partial charge on any atom is -0.355 e. The van der Waals surface area contributed by atoms with Gasteiger partial charge in [0.15, 0.2) is 9.84 Å². The summed E-state index contributed by atoms with van der Waals surface area (Å²) in [7, 11) is -3.22. The van der Waals surface area contributed by atoms with E-state index in [0.717, 1.165) is 12.8 Å². The molecule has 100 valence electrons. The first-order chi connectivity index (χ1) is 7.97. The second-order valence-corrected chi connectivity index (χ2v) is 7.36. The Kier molecular flexibility index (Phi) is 5.73. The van der Waals surface area contributed by atoms with E-state index in [1.54, 1.807) is 0 Å². The number of carbonyl (C=O) groups is 1. The number of halogens is 1. The predicted octanol–water partition coefficient (Wildman–Crippen LogP) is 1.33. The smallest absolute Gasteiger partial charge is 0.238 e. The molecule has 1 saturated heterocycles. The summed E-state index contributed by atoms with van der Waals surface area (Å²) in [6.45, 7) is 2.48. The first kappa shape index (κ1) is 14.8. The lowest BCUT2D eigenvalue weighted by Crippen LogP contribution is -2.44. The Morgan fingerprint density at radius 1 is 1.47 bits per heavy atom. The van der Waals surface area contributed by atoms with Gasteiger partial charge < -0.3 is 5.32 Å². The maximum atomic E-state index is 11.8. The predicted molar refractivity (Wildman–Crippen MR) is 68.9 cm³/mol. The lowest BCUT2D eigenvalue weighted by Gasteiger charge is -2.22. The molecule has 0 spiro atoms. The van der Waals surface area contributed by atoms with Crippen molar-refractivity contribution in [2.45, 2.75) is 37.9 Å². The van der Waals surface area contributed by atoms with Crippen LogP contribution < -0.4 is 5.32 Å². The van der Waals surface area contributed by atoms with Gasteiger partial charge in [-0.05, 0) is 25.2 Å². The van der Waals surface area contributed by atoms with Gasteiger partial charge in [-0.3, -0.25) is 4.79 Å². The molecule has 2 unspecified atom stereocenters. The van der Waals surface area contributed by atoms with Gasteiger partial charge in [0.05, 0.1) is 5.75 Å². The second kappa shape index (κ2) is 6.59. The van der Waals surface area contributed by atoms with E-state index >= 15 is 0 Å². The van der Waals surface area contributed by atoms with E-state index in [9.17, 15) is 13.2 Å². The summed E-state index contributed by atoms with van der Waals surface area (Å²) < 4.78 is 23.4. The summed E-state index contributed by atoms with van der Waals surface area (Å²) in [5.41, 5.74) is 0. The summed E-state index contributed by atoms with van der Waals surface area (Å²) in [5.74, 6) is 0.634.